The molecular formula is C25H25N3O3. The van der Waals surface area contributed by atoms with Crippen LogP contribution in [-0.4, -0.2) is 47.1 Å². The van der Waals surface area contributed by atoms with Crippen LogP contribution in [0, 0.1) is 0 Å². The van der Waals surface area contributed by atoms with E-state index in [9.17, 15) is 14.7 Å². The van der Waals surface area contributed by atoms with Crippen LogP contribution in [0.5, 0.6) is 0 Å². The highest BCUT2D eigenvalue weighted by molar-refractivity contribution is 5.84. The molecule has 0 bridgehead atoms. The van der Waals surface area contributed by atoms with E-state index >= 15 is 0 Å². The van der Waals surface area contributed by atoms with E-state index in [2.05, 4.69) is 12.1 Å². The van der Waals surface area contributed by atoms with Crippen LogP contribution in [0.2, 0.25) is 0 Å². The van der Waals surface area contributed by atoms with Gasteiger partial charge < -0.3 is 10.0 Å². The van der Waals surface area contributed by atoms with Crippen LogP contribution in [0.3, 0.4) is 0 Å². The van der Waals surface area contributed by atoms with Crippen molar-refractivity contribution in [3.63, 3.8) is 0 Å². The first-order chi connectivity index (χ1) is 15.0. The smallest absolute Gasteiger partial charge is 0.323 e. The van der Waals surface area contributed by atoms with Crippen molar-refractivity contribution in [2.24, 2.45) is 0 Å². The number of likely N-dealkylation sites (N-methyl/N-ethyl adjacent to an activating group) is 1. The molecule has 1 N–H and O–H groups in total. The molecule has 0 unspecified atom stereocenters. The van der Waals surface area contributed by atoms with Gasteiger partial charge in [-0.1, -0.05) is 66.7 Å². The van der Waals surface area contributed by atoms with Crippen LogP contribution in [-0.2, 0) is 22.7 Å². The maximum Gasteiger partial charge on any atom is 0.323 e. The minimum absolute atomic E-state index is 0.0200. The molecule has 0 atom stereocenters. The monoisotopic (exact) mass is 415 g/mol. The normalized spacial score (nSPS) is 12.9. The van der Waals surface area contributed by atoms with Gasteiger partial charge in [0.15, 0.2) is 0 Å². The minimum atomic E-state index is -0.978. The minimum Gasteiger partial charge on any atom is -0.480 e. The first-order valence-electron chi connectivity index (χ1n) is 10.2. The van der Waals surface area contributed by atoms with Gasteiger partial charge in [-0.15, -0.1) is 0 Å². The predicted molar refractivity (Wildman–Crippen MR) is 120 cm³/mol. The number of benzene rings is 3. The number of nitrogens with zero attached hydrogens (tertiary/aromatic N) is 3. The lowest BCUT2D eigenvalue weighted by atomic mass is 10.0. The quantitative estimate of drug-likeness (QED) is 0.638. The van der Waals surface area contributed by atoms with E-state index in [0.717, 1.165) is 11.1 Å². The van der Waals surface area contributed by atoms with Gasteiger partial charge in [0.2, 0.25) is 0 Å². The lowest BCUT2D eigenvalue weighted by Crippen LogP contribution is -2.46. The molecule has 0 aromatic heterocycles. The Morgan fingerprint density at radius 1 is 0.839 bits per heavy atom. The number of carbonyl (C=O) groups is 2. The molecule has 0 saturated carbocycles. The van der Waals surface area contributed by atoms with Crippen molar-refractivity contribution < 1.29 is 14.7 Å². The number of amides is 1. The maximum atomic E-state index is 13.1. The number of fused-ring (bicyclic) bond motifs is 1. The second-order valence-electron chi connectivity index (χ2n) is 7.67. The molecule has 6 nitrogen and oxygen atoms in total. The Bertz CT molecular complexity index is 1060. The zero-order valence-corrected chi connectivity index (χ0v) is 17.4. The van der Waals surface area contributed by atoms with Gasteiger partial charge in [0, 0.05) is 25.8 Å². The molecule has 0 spiro atoms. The highest BCUT2D eigenvalue weighted by Gasteiger charge is 2.26. The van der Waals surface area contributed by atoms with Crippen molar-refractivity contribution in [3.8, 4) is 11.1 Å². The van der Waals surface area contributed by atoms with E-state index in [1.807, 2.05) is 71.7 Å². The summed E-state index contributed by atoms with van der Waals surface area (Å²) >= 11 is 0. The van der Waals surface area contributed by atoms with E-state index in [0.29, 0.717) is 18.8 Å². The summed E-state index contributed by atoms with van der Waals surface area (Å²) < 4.78 is 0. The van der Waals surface area contributed by atoms with Gasteiger partial charge in [0.05, 0.1) is 6.54 Å². The Balaban J connectivity index is 1.51. The fourth-order valence-corrected chi connectivity index (χ4v) is 3.87. The summed E-state index contributed by atoms with van der Waals surface area (Å²) in [4.78, 5) is 26.2. The molecule has 158 valence electrons. The number of carbonyl (C=O) groups excluding carboxylic acids is 1. The second kappa shape index (κ2) is 9.02. The SMILES string of the molecule is CN(C(=O)CN(CC(=O)O)c1cccc(-c2ccccc2)c1)N1Cc2ccccc2C1. The summed E-state index contributed by atoms with van der Waals surface area (Å²) in [6.07, 6.45) is 0. The van der Waals surface area contributed by atoms with Crippen molar-refractivity contribution in [1.29, 1.82) is 0 Å². The fraction of sp³-hybridized carbons (Fsp3) is 0.200. The zero-order chi connectivity index (χ0) is 21.8. The number of carboxylic acids is 1. The van der Waals surface area contributed by atoms with Gasteiger partial charge in [-0.25, -0.2) is 5.01 Å². The van der Waals surface area contributed by atoms with Crippen LogP contribution < -0.4 is 4.90 Å². The molecule has 1 heterocycles. The number of hydrazine groups is 1. The molecule has 1 aliphatic rings. The number of rotatable bonds is 7. The Hall–Kier alpha value is -3.64. The number of anilines is 1. The summed E-state index contributed by atoms with van der Waals surface area (Å²) in [5.41, 5.74) is 5.14. The van der Waals surface area contributed by atoms with E-state index in [-0.39, 0.29) is 19.0 Å². The molecule has 0 radical (unpaired) electrons. The van der Waals surface area contributed by atoms with Gasteiger partial charge in [-0.2, -0.15) is 0 Å². The molecule has 4 rings (SSSR count). The summed E-state index contributed by atoms with van der Waals surface area (Å²) in [6.45, 7) is 1.06. The van der Waals surface area contributed by atoms with Crippen molar-refractivity contribution in [2.75, 3.05) is 25.0 Å². The average molecular weight is 415 g/mol. The Morgan fingerprint density at radius 3 is 2.10 bits per heavy atom. The first-order valence-corrected chi connectivity index (χ1v) is 10.2. The average Bonchev–Trinajstić information content (AvgIpc) is 3.23. The summed E-state index contributed by atoms with van der Waals surface area (Å²) in [5.74, 6) is -1.13. The second-order valence-corrected chi connectivity index (χ2v) is 7.67. The van der Waals surface area contributed by atoms with Gasteiger partial charge >= 0.3 is 5.97 Å². The van der Waals surface area contributed by atoms with Gasteiger partial charge in [-0.3, -0.25) is 14.6 Å². The summed E-state index contributed by atoms with van der Waals surface area (Å²) in [5, 5.41) is 13.0. The molecule has 0 aliphatic carbocycles. The molecule has 1 amide bonds. The van der Waals surface area contributed by atoms with Crippen LogP contribution >= 0.6 is 0 Å². The molecule has 3 aromatic carbocycles. The molecular weight excluding hydrogens is 390 g/mol. The lowest BCUT2D eigenvalue weighted by molar-refractivity contribution is -0.145. The zero-order valence-electron chi connectivity index (χ0n) is 17.4. The third-order valence-corrected chi connectivity index (χ3v) is 5.58. The van der Waals surface area contributed by atoms with Gasteiger partial charge in [0.25, 0.3) is 5.91 Å². The summed E-state index contributed by atoms with van der Waals surface area (Å²) in [6, 6.07) is 25.7. The Labute approximate surface area is 181 Å². The van der Waals surface area contributed by atoms with Crippen LogP contribution in [0.1, 0.15) is 11.1 Å². The van der Waals surface area contributed by atoms with Crippen molar-refractivity contribution >= 4 is 17.6 Å². The Kier molecular flexibility index (Phi) is 6.00. The van der Waals surface area contributed by atoms with E-state index in [1.165, 1.54) is 11.1 Å². The highest BCUT2D eigenvalue weighted by Crippen LogP contribution is 2.26. The molecule has 31 heavy (non-hydrogen) atoms. The lowest BCUT2D eigenvalue weighted by Gasteiger charge is -2.31. The van der Waals surface area contributed by atoms with E-state index in [1.54, 1.807) is 17.0 Å². The number of carboxylic acid groups (broad SMARTS) is 1. The van der Waals surface area contributed by atoms with Gasteiger partial charge in [-0.05, 0) is 34.4 Å². The van der Waals surface area contributed by atoms with E-state index in [4.69, 9.17) is 0 Å². The molecule has 1 aliphatic heterocycles. The largest absolute Gasteiger partial charge is 0.480 e. The third kappa shape index (κ3) is 4.75. The maximum absolute atomic E-state index is 13.1. The van der Waals surface area contributed by atoms with Crippen LogP contribution in [0.25, 0.3) is 11.1 Å². The summed E-state index contributed by atoms with van der Waals surface area (Å²) in [7, 11) is 1.74. The van der Waals surface area contributed by atoms with Crippen molar-refractivity contribution in [3.05, 3.63) is 90.0 Å². The van der Waals surface area contributed by atoms with E-state index < -0.39 is 5.97 Å². The molecule has 3 aromatic rings. The Morgan fingerprint density at radius 2 is 1.45 bits per heavy atom. The third-order valence-electron chi connectivity index (χ3n) is 5.58. The predicted octanol–water partition coefficient (Wildman–Crippen LogP) is 3.63. The topological polar surface area (TPSA) is 64.1 Å². The molecule has 0 saturated heterocycles. The molecule has 6 heteroatoms. The van der Waals surface area contributed by atoms with Crippen LogP contribution in [0.4, 0.5) is 5.69 Å². The van der Waals surface area contributed by atoms with Crippen LogP contribution in [0.15, 0.2) is 78.9 Å². The van der Waals surface area contributed by atoms with Crippen molar-refractivity contribution in [2.45, 2.75) is 13.1 Å². The number of hydrogen-bond donors (Lipinski definition) is 1. The van der Waals surface area contributed by atoms with Crippen molar-refractivity contribution in [1.82, 2.24) is 10.0 Å². The fourth-order valence-electron chi connectivity index (χ4n) is 3.87. The molecule has 0 fully saturated rings. The first kappa shape index (κ1) is 20.6. The standard InChI is InChI=1S/C25H25N3O3/c1-26(28-15-21-10-5-6-11-22(21)16-28)24(29)17-27(18-25(30)31)23-13-7-12-20(14-23)19-8-3-2-4-9-19/h2-14H,15-18H2,1H3,(H,30,31). The number of hydrogen-bond acceptors (Lipinski definition) is 4. The van der Waals surface area contributed by atoms with Gasteiger partial charge in [0.1, 0.15) is 6.54 Å². The number of aliphatic carboxylic acids is 1. The highest BCUT2D eigenvalue weighted by atomic mass is 16.4.